The van der Waals surface area contributed by atoms with E-state index in [4.69, 9.17) is 4.98 Å². The maximum atomic E-state index is 14.2. The molecule has 6 rings (SSSR count). The highest BCUT2D eigenvalue weighted by Crippen LogP contribution is 2.27. The number of likely N-dealkylation sites (tertiary alicyclic amines) is 1. The highest BCUT2D eigenvalue weighted by Gasteiger charge is 2.32. The van der Waals surface area contributed by atoms with Crippen LogP contribution in [0.15, 0.2) is 84.9 Å². The maximum Gasteiger partial charge on any atom is 0.259 e. The van der Waals surface area contributed by atoms with E-state index < -0.39 is 28.9 Å². The second-order valence-electron chi connectivity index (χ2n) is 11.0. The Kier molecular flexibility index (Phi) is 8.24. The molecule has 2 aliphatic rings. The van der Waals surface area contributed by atoms with Crippen molar-refractivity contribution in [3.05, 3.63) is 114 Å². The summed E-state index contributed by atoms with van der Waals surface area (Å²) in [5.74, 6) is -4.23. The highest BCUT2D eigenvalue weighted by atomic mass is 19.1. The maximum absolute atomic E-state index is 14.2. The van der Waals surface area contributed by atoms with Gasteiger partial charge in [0, 0.05) is 74.1 Å². The summed E-state index contributed by atoms with van der Waals surface area (Å²) >= 11 is 0. The molecule has 4 aromatic rings. The summed E-state index contributed by atoms with van der Waals surface area (Å²) in [5, 5.41) is 0. The summed E-state index contributed by atoms with van der Waals surface area (Å²) in [6.07, 6.45) is 1.30. The van der Waals surface area contributed by atoms with Crippen LogP contribution in [0, 0.1) is 17.5 Å². The van der Waals surface area contributed by atoms with Crippen molar-refractivity contribution in [2.45, 2.75) is 18.9 Å². The summed E-state index contributed by atoms with van der Waals surface area (Å²) in [5.41, 5.74) is 3.24. The summed E-state index contributed by atoms with van der Waals surface area (Å²) in [7, 11) is 0. The van der Waals surface area contributed by atoms with Crippen LogP contribution in [0.5, 0.6) is 0 Å². The molecular weight excluding hydrogens is 553 g/mol. The van der Waals surface area contributed by atoms with Crippen molar-refractivity contribution >= 4 is 11.8 Å². The van der Waals surface area contributed by atoms with E-state index in [1.165, 1.54) is 4.90 Å². The Morgan fingerprint density at radius 1 is 0.628 bits per heavy atom. The Labute approximate surface area is 248 Å². The van der Waals surface area contributed by atoms with Crippen molar-refractivity contribution in [3.63, 3.8) is 0 Å². The minimum Gasteiger partial charge on any atom is -0.338 e. The molecule has 0 radical (unpaired) electrons. The van der Waals surface area contributed by atoms with Gasteiger partial charge in [-0.25, -0.2) is 18.2 Å². The normalized spacial score (nSPS) is 16.3. The van der Waals surface area contributed by atoms with Gasteiger partial charge in [0.25, 0.3) is 11.8 Å². The van der Waals surface area contributed by atoms with Crippen molar-refractivity contribution in [1.29, 1.82) is 0 Å². The molecule has 0 bridgehead atoms. The lowest BCUT2D eigenvalue weighted by Gasteiger charge is -2.42. The number of piperazine rings is 1. The Bertz CT molecular complexity index is 1540. The van der Waals surface area contributed by atoms with E-state index in [1.807, 2.05) is 77.7 Å². The molecule has 1 aromatic heterocycles. The number of aromatic nitrogens is 1. The summed E-state index contributed by atoms with van der Waals surface area (Å²) in [4.78, 5) is 37.0. The zero-order valence-electron chi connectivity index (χ0n) is 23.6. The van der Waals surface area contributed by atoms with Gasteiger partial charge in [0.05, 0.1) is 11.4 Å². The van der Waals surface area contributed by atoms with E-state index in [0.717, 1.165) is 22.5 Å². The Balaban J connectivity index is 1.10. The molecule has 0 aliphatic carbocycles. The van der Waals surface area contributed by atoms with Crippen LogP contribution in [0.1, 0.15) is 33.6 Å². The van der Waals surface area contributed by atoms with Crippen molar-refractivity contribution in [2.75, 3.05) is 39.3 Å². The number of hydrogen-bond donors (Lipinski definition) is 0. The van der Waals surface area contributed by atoms with E-state index in [-0.39, 0.29) is 11.9 Å². The highest BCUT2D eigenvalue weighted by molar-refractivity contribution is 5.96. The Morgan fingerprint density at radius 2 is 1.12 bits per heavy atom. The molecular formula is C34H31F3N4O2. The van der Waals surface area contributed by atoms with Crippen LogP contribution >= 0.6 is 0 Å². The van der Waals surface area contributed by atoms with Crippen LogP contribution in [0.2, 0.25) is 0 Å². The van der Waals surface area contributed by atoms with Crippen molar-refractivity contribution in [3.8, 4) is 22.5 Å². The van der Waals surface area contributed by atoms with Crippen LogP contribution in [0.3, 0.4) is 0 Å². The molecule has 2 saturated heterocycles. The number of carbonyl (C=O) groups excluding carboxylic acids is 2. The first-order valence-corrected chi connectivity index (χ1v) is 14.5. The summed E-state index contributed by atoms with van der Waals surface area (Å²) in [6, 6.07) is 24.6. The van der Waals surface area contributed by atoms with Gasteiger partial charge < -0.3 is 9.80 Å². The number of piperidine rings is 1. The number of halogens is 3. The number of carbonyl (C=O) groups is 2. The number of amides is 2. The smallest absolute Gasteiger partial charge is 0.259 e. The van der Waals surface area contributed by atoms with Gasteiger partial charge in [-0.15, -0.1) is 0 Å². The monoisotopic (exact) mass is 584 g/mol. The summed E-state index contributed by atoms with van der Waals surface area (Å²) in [6.45, 7) is 3.20. The number of nitrogens with zero attached hydrogens (tertiary/aromatic N) is 4. The average molecular weight is 585 g/mol. The molecule has 43 heavy (non-hydrogen) atoms. The van der Waals surface area contributed by atoms with Gasteiger partial charge in [-0.3, -0.25) is 14.5 Å². The van der Waals surface area contributed by atoms with Gasteiger partial charge in [-0.2, -0.15) is 0 Å². The number of hydrogen-bond acceptors (Lipinski definition) is 4. The first kappa shape index (κ1) is 28.6. The molecule has 0 N–H and O–H groups in total. The lowest BCUT2D eigenvalue weighted by atomic mass is 10.0. The van der Waals surface area contributed by atoms with Gasteiger partial charge in [-0.05, 0) is 25.0 Å². The number of benzene rings is 3. The zero-order valence-corrected chi connectivity index (χ0v) is 23.6. The van der Waals surface area contributed by atoms with E-state index >= 15 is 0 Å². The first-order valence-electron chi connectivity index (χ1n) is 14.5. The molecule has 0 saturated carbocycles. The van der Waals surface area contributed by atoms with Crippen molar-refractivity contribution in [2.24, 2.45) is 0 Å². The minimum atomic E-state index is -1.19. The molecule has 6 nitrogen and oxygen atoms in total. The fourth-order valence-electron chi connectivity index (χ4n) is 5.98. The molecule has 2 aliphatic heterocycles. The van der Waals surface area contributed by atoms with Crippen LogP contribution in [0.4, 0.5) is 13.2 Å². The molecule has 2 amide bonds. The predicted molar refractivity (Wildman–Crippen MR) is 158 cm³/mol. The van der Waals surface area contributed by atoms with E-state index in [2.05, 4.69) is 4.90 Å². The van der Waals surface area contributed by atoms with Gasteiger partial charge in [0.1, 0.15) is 23.0 Å². The average Bonchev–Trinajstić information content (AvgIpc) is 3.04. The van der Waals surface area contributed by atoms with Gasteiger partial charge in [-0.1, -0.05) is 60.7 Å². The standard InChI is InChI=1S/C34H31F3N4O2/c35-26-21-28(36)32(29(37)22-26)34(43)40-13-11-27(12-14-40)39-15-17-41(18-16-39)33(42)25-19-30(23-7-3-1-4-8-23)38-31(20-25)24-9-5-2-6-10-24/h1-10,19-22,27H,11-18H2. The second kappa shape index (κ2) is 12.4. The predicted octanol–water partition coefficient (Wildman–Crippen LogP) is 5.90. The first-order chi connectivity index (χ1) is 20.9. The number of pyridine rings is 1. The van der Waals surface area contributed by atoms with Crippen molar-refractivity contribution < 1.29 is 22.8 Å². The summed E-state index contributed by atoms with van der Waals surface area (Å²) < 4.78 is 41.6. The lowest BCUT2D eigenvalue weighted by Crippen LogP contribution is -2.54. The largest absolute Gasteiger partial charge is 0.338 e. The quantitative estimate of drug-likeness (QED) is 0.293. The van der Waals surface area contributed by atoms with Gasteiger partial charge in [0.15, 0.2) is 0 Å². The third-order valence-electron chi connectivity index (χ3n) is 8.30. The van der Waals surface area contributed by atoms with E-state index in [1.54, 1.807) is 0 Å². The molecule has 3 heterocycles. The second-order valence-corrected chi connectivity index (χ2v) is 11.0. The fraction of sp³-hybridized carbons (Fsp3) is 0.265. The van der Waals surface area contributed by atoms with Crippen LogP contribution in [-0.2, 0) is 0 Å². The molecule has 9 heteroatoms. The van der Waals surface area contributed by atoms with Crippen LogP contribution in [0.25, 0.3) is 22.5 Å². The number of rotatable bonds is 5. The Hall–Kier alpha value is -4.50. The Morgan fingerprint density at radius 3 is 1.63 bits per heavy atom. The zero-order chi connectivity index (χ0) is 29.9. The molecule has 3 aromatic carbocycles. The van der Waals surface area contributed by atoms with Crippen LogP contribution in [-0.4, -0.2) is 76.8 Å². The third kappa shape index (κ3) is 6.17. The molecule has 0 unspecified atom stereocenters. The minimum absolute atomic E-state index is 0.0415. The molecule has 0 atom stereocenters. The van der Waals surface area contributed by atoms with E-state index in [9.17, 15) is 22.8 Å². The van der Waals surface area contributed by atoms with Crippen LogP contribution < -0.4 is 0 Å². The van der Waals surface area contributed by atoms with Gasteiger partial charge >= 0.3 is 0 Å². The lowest BCUT2D eigenvalue weighted by molar-refractivity contribution is 0.0409. The SMILES string of the molecule is O=C(c1cc(-c2ccccc2)nc(-c2ccccc2)c1)N1CCN(C2CCN(C(=O)c3c(F)cc(F)cc3F)CC2)CC1. The topological polar surface area (TPSA) is 56.8 Å². The van der Waals surface area contributed by atoms with E-state index in [0.29, 0.717) is 69.8 Å². The van der Waals surface area contributed by atoms with Crippen molar-refractivity contribution in [1.82, 2.24) is 19.7 Å². The molecule has 2 fully saturated rings. The van der Waals surface area contributed by atoms with Gasteiger partial charge in [0.2, 0.25) is 0 Å². The fourth-order valence-corrected chi connectivity index (χ4v) is 5.98. The molecule has 0 spiro atoms. The molecule has 220 valence electrons. The third-order valence-corrected chi connectivity index (χ3v) is 8.30.